The molecule has 0 saturated heterocycles. The van der Waals surface area contributed by atoms with Crippen molar-refractivity contribution in [1.82, 2.24) is 0 Å². The molecule has 3 nitrogen and oxygen atoms in total. The number of hydrogen-bond donors (Lipinski definition) is 1. The zero-order valence-corrected chi connectivity index (χ0v) is 14.9. The Bertz CT molecular complexity index is 491. The molecule has 1 saturated carbocycles. The summed E-state index contributed by atoms with van der Waals surface area (Å²) in [4.78, 5) is 0. The van der Waals surface area contributed by atoms with Crippen LogP contribution in [-0.2, 0) is 5.60 Å². The maximum Gasteiger partial charge on any atom is 0.142 e. The molecular formula is C17H25BrO3. The summed E-state index contributed by atoms with van der Waals surface area (Å²) < 4.78 is 11.6. The van der Waals surface area contributed by atoms with E-state index < -0.39 is 5.60 Å². The summed E-state index contributed by atoms with van der Waals surface area (Å²) in [5.74, 6) is 2.78. The highest BCUT2D eigenvalue weighted by molar-refractivity contribution is 9.10. The van der Waals surface area contributed by atoms with Gasteiger partial charge in [0.1, 0.15) is 16.0 Å². The number of hydrogen-bond acceptors (Lipinski definition) is 3. The molecule has 4 heteroatoms. The van der Waals surface area contributed by atoms with Crippen molar-refractivity contribution >= 4 is 15.9 Å². The number of aliphatic hydroxyl groups is 1. The zero-order valence-electron chi connectivity index (χ0n) is 13.3. The van der Waals surface area contributed by atoms with Crippen molar-refractivity contribution in [2.75, 3.05) is 14.2 Å². The van der Waals surface area contributed by atoms with E-state index in [4.69, 9.17) is 9.47 Å². The molecule has 0 amide bonds. The van der Waals surface area contributed by atoms with Crippen LogP contribution in [0.5, 0.6) is 11.5 Å². The number of rotatable bonds is 4. The Morgan fingerprint density at radius 1 is 1.19 bits per heavy atom. The first-order chi connectivity index (χ1) is 9.92. The second-order valence-corrected chi connectivity index (χ2v) is 7.07. The first-order valence-corrected chi connectivity index (χ1v) is 8.35. The van der Waals surface area contributed by atoms with E-state index in [9.17, 15) is 5.11 Å². The van der Waals surface area contributed by atoms with Gasteiger partial charge in [0.25, 0.3) is 0 Å². The van der Waals surface area contributed by atoms with E-state index in [0.29, 0.717) is 17.6 Å². The molecule has 0 radical (unpaired) electrons. The summed E-state index contributed by atoms with van der Waals surface area (Å²) in [7, 11) is 3.26. The predicted octanol–water partition coefficient (Wildman–Crippen LogP) is 4.50. The molecule has 1 N–H and O–H groups in total. The third-order valence-electron chi connectivity index (χ3n) is 4.79. The monoisotopic (exact) mass is 356 g/mol. The summed E-state index contributed by atoms with van der Waals surface area (Å²) >= 11 is 3.52. The number of ether oxygens (including phenoxy) is 2. The Morgan fingerprint density at radius 2 is 1.81 bits per heavy atom. The molecule has 21 heavy (non-hydrogen) atoms. The summed E-state index contributed by atoms with van der Waals surface area (Å²) in [6, 6.07) is 3.81. The highest BCUT2D eigenvalue weighted by atomic mass is 79.9. The summed E-state index contributed by atoms with van der Waals surface area (Å²) in [6.45, 7) is 4.53. The van der Waals surface area contributed by atoms with Gasteiger partial charge < -0.3 is 14.6 Å². The van der Waals surface area contributed by atoms with E-state index in [1.54, 1.807) is 14.2 Å². The van der Waals surface area contributed by atoms with Crippen LogP contribution in [-0.4, -0.2) is 19.3 Å². The first kappa shape index (κ1) is 16.6. The second-order valence-electron chi connectivity index (χ2n) is 6.28. The van der Waals surface area contributed by atoms with Gasteiger partial charge in [0.15, 0.2) is 0 Å². The Hall–Kier alpha value is -0.740. The molecule has 1 aromatic rings. The van der Waals surface area contributed by atoms with Crippen molar-refractivity contribution < 1.29 is 14.6 Å². The number of benzene rings is 1. The number of methoxy groups -OCH3 is 2. The van der Waals surface area contributed by atoms with Crippen molar-refractivity contribution in [3.63, 3.8) is 0 Å². The maximum atomic E-state index is 11.1. The fourth-order valence-corrected chi connectivity index (χ4v) is 3.98. The minimum atomic E-state index is -0.800. The summed E-state index contributed by atoms with van der Waals surface area (Å²) in [6.07, 6.45) is 3.68. The fourth-order valence-electron chi connectivity index (χ4n) is 3.32. The number of halogens is 1. The van der Waals surface area contributed by atoms with Gasteiger partial charge in [0.2, 0.25) is 0 Å². The Labute approximate surface area is 135 Å². The average Bonchev–Trinajstić information content (AvgIpc) is 2.47. The molecule has 0 spiro atoms. The molecule has 118 valence electrons. The quantitative estimate of drug-likeness (QED) is 0.862. The van der Waals surface area contributed by atoms with Crippen LogP contribution in [0, 0.1) is 11.8 Å². The minimum absolute atomic E-state index is 0.680. The van der Waals surface area contributed by atoms with Crippen LogP contribution in [0.4, 0.5) is 0 Å². The van der Waals surface area contributed by atoms with Crippen LogP contribution in [0.2, 0.25) is 0 Å². The van der Waals surface area contributed by atoms with Gasteiger partial charge in [-0.2, -0.15) is 0 Å². The molecule has 0 heterocycles. The van der Waals surface area contributed by atoms with E-state index >= 15 is 0 Å². The smallest absolute Gasteiger partial charge is 0.142 e. The van der Waals surface area contributed by atoms with Crippen molar-refractivity contribution in [3.8, 4) is 11.5 Å². The standard InChI is InChI=1S/C17H25BrO3/c1-11(2)12-7-9-17(19,10-8-12)13-5-6-14(20-3)15(18)16(13)21-4/h5-6,11-12,19H,7-10H2,1-4H3. The Morgan fingerprint density at radius 3 is 2.29 bits per heavy atom. The first-order valence-electron chi connectivity index (χ1n) is 7.56. The molecule has 1 aromatic carbocycles. The van der Waals surface area contributed by atoms with Crippen molar-refractivity contribution in [2.24, 2.45) is 11.8 Å². The molecule has 2 rings (SSSR count). The molecule has 1 aliphatic carbocycles. The lowest BCUT2D eigenvalue weighted by atomic mass is 9.72. The van der Waals surface area contributed by atoms with Gasteiger partial charge >= 0.3 is 0 Å². The third kappa shape index (κ3) is 3.21. The van der Waals surface area contributed by atoms with Crippen LogP contribution in [0.3, 0.4) is 0 Å². The van der Waals surface area contributed by atoms with Crippen molar-refractivity contribution in [2.45, 2.75) is 45.1 Å². The minimum Gasteiger partial charge on any atom is -0.495 e. The predicted molar refractivity (Wildman–Crippen MR) is 87.9 cm³/mol. The molecule has 0 aliphatic heterocycles. The maximum absolute atomic E-state index is 11.1. The largest absolute Gasteiger partial charge is 0.495 e. The van der Waals surface area contributed by atoms with Gasteiger partial charge in [-0.15, -0.1) is 0 Å². The SMILES string of the molecule is COc1ccc(C2(O)CCC(C(C)C)CC2)c(OC)c1Br. The second kappa shape index (κ2) is 6.57. The van der Waals surface area contributed by atoms with Gasteiger partial charge in [-0.05, 0) is 65.6 Å². The topological polar surface area (TPSA) is 38.7 Å². The van der Waals surface area contributed by atoms with E-state index in [2.05, 4.69) is 29.8 Å². The van der Waals surface area contributed by atoms with Gasteiger partial charge in [-0.25, -0.2) is 0 Å². The van der Waals surface area contributed by atoms with Gasteiger partial charge in [-0.3, -0.25) is 0 Å². The molecule has 0 unspecified atom stereocenters. The van der Waals surface area contributed by atoms with E-state index in [1.165, 1.54) is 0 Å². The molecule has 0 aromatic heterocycles. The lowest BCUT2D eigenvalue weighted by Crippen LogP contribution is -2.33. The van der Waals surface area contributed by atoms with Crippen LogP contribution in [0.25, 0.3) is 0 Å². The van der Waals surface area contributed by atoms with E-state index in [-0.39, 0.29) is 0 Å². The molecular weight excluding hydrogens is 332 g/mol. The van der Waals surface area contributed by atoms with Gasteiger partial charge in [0.05, 0.1) is 19.8 Å². The molecule has 1 fully saturated rings. The van der Waals surface area contributed by atoms with Crippen molar-refractivity contribution in [1.29, 1.82) is 0 Å². The van der Waals surface area contributed by atoms with Gasteiger partial charge in [-0.1, -0.05) is 13.8 Å². The van der Waals surface area contributed by atoms with Crippen molar-refractivity contribution in [3.05, 3.63) is 22.2 Å². The highest BCUT2D eigenvalue weighted by Crippen LogP contribution is 2.48. The summed E-state index contributed by atoms with van der Waals surface area (Å²) in [5, 5.41) is 11.1. The normalized spacial score (nSPS) is 26.0. The Kier molecular flexibility index (Phi) is 5.20. The van der Waals surface area contributed by atoms with Crippen LogP contribution in [0.15, 0.2) is 16.6 Å². The Balaban J connectivity index is 2.31. The van der Waals surface area contributed by atoms with Gasteiger partial charge in [0, 0.05) is 5.56 Å². The highest BCUT2D eigenvalue weighted by Gasteiger charge is 2.38. The summed E-state index contributed by atoms with van der Waals surface area (Å²) in [5.41, 5.74) is 0.0609. The zero-order chi connectivity index (χ0) is 15.6. The van der Waals surface area contributed by atoms with Crippen LogP contribution < -0.4 is 9.47 Å². The van der Waals surface area contributed by atoms with Crippen LogP contribution in [0.1, 0.15) is 45.1 Å². The fraction of sp³-hybridized carbons (Fsp3) is 0.647. The van der Waals surface area contributed by atoms with E-state index in [0.717, 1.165) is 41.5 Å². The molecule has 0 atom stereocenters. The third-order valence-corrected chi connectivity index (χ3v) is 5.54. The average molecular weight is 357 g/mol. The van der Waals surface area contributed by atoms with E-state index in [1.807, 2.05) is 12.1 Å². The van der Waals surface area contributed by atoms with Crippen LogP contribution >= 0.6 is 15.9 Å². The lowest BCUT2D eigenvalue weighted by molar-refractivity contribution is -0.0217. The lowest BCUT2D eigenvalue weighted by Gasteiger charge is -2.38. The molecule has 0 bridgehead atoms. The molecule has 1 aliphatic rings.